The minimum atomic E-state index is -0.163. The Balaban J connectivity index is 1.99. The van der Waals surface area contributed by atoms with Crippen LogP contribution in [-0.4, -0.2) is 17.3 Å². The highest BCUT2D eigenvalue weighted by Gasteiger charge is 2.47. The van der Waals surface area contributed by atoms with Gasteiger partial charge in [0.2, 0.25) is 0 Å². The van der Waals surface area contributed by atoms with Gasteiger partial charge in [0, 0.05) is 26.8 Å². The summed E-state index contributed by atoms with van der Waals surface area (Å²) in [6, 6.07) is 2.83. The van der Waals surface area contributed by atoms with Gasteiger partial charge in [-0.05, 0) is 40.7 Å². The average Bonchev–Trinajstić information content (AvgIpc) is 2.64. The first-order valence-corrected chi connectivity index (χ1v) is 7.27. The predicted octanol–water partition coefficient (Wildman–Crippen LogP) is 3.32. The molecule has 0 amide bonds. The quantitative estimate of drug-likeness (QED) is 0.898. The van der Waals surface area contributed by atoms with Crippen LogP contribution >= 0.6 is 27.3 Å². The Morgan fingerprint density at radius 3 is 2.75 bits per heavy atom. The summed E-state index contributed by atoms with van der Waals surface area (Å²) in [7, 11) is 0. The Morgan fingerprint density at radius 2 is 2.31 bits per heavy atom. The van der Waals surface area contributed by atoms with Crippen molar-refractivity contribution in [3.05, 3.63) is 20.8 Å². The fourth-order valence-corrected chi connectivity index (χ4v) is 3.91. The number of halogens is 1. The van der Waals surface area contributed by atoms with Crippen LogP contribution in [0.15, 0.2) is 15.9 Å². The lowest BCUT2D eigenvalue weighted by molar-refractivity contribution is -0.0753. The summed E-state index contributed by atoms with van der Waals surface area (Å²) in [4.78, 5) is 1.33. The first-order valence-electron chi connectivity index (χ1n) is 5.60. The van der Waals surface area contributed by atoms with Gasteiger partial charge in [-0.3, -0.25) is 0 Å². The smallest absolute Gasteiger partial charge is 0.0621 e. The van der Waals surface area contributed by atoms with E-state index in [4.69, 9.17) is 0 Å². The summed E-state index contributed by atoms with van der Waals surface area (Å²) >= 11 is 5.32. The van der Waals surface area contributed by atoms with Gasteiger partial charge >= 0.3 is 0 Å². The van der Waals surface area contributed by atoms with Crippen LogP contribution < -0.4 is 5.32 Å². The Bertz CT molecular complexity index is 377. The minimum absolute atomic E-state index is 0.00199. The Kier molecular flexibility index (Phi) is 3.46. The van der Waals surface area contributed by atoms with Crippen molar-refractivity contribution in [1.82, 2.24) is 5.32 Å². The standard InChI is InChI=1S/C12H18BrNOS/c1-7(11-8(13)4-5-16-11)14-9-6-10(15)12(9,2)3/h4-5,7,9-10,14-15H,6H2,1-3H3. The zero-order valence-electron chi connectivity index (χ0n) is 9.83. The molecule has 3 atom stereocenters. The first-order chi connectivity index (χ1) is 7.43. The molecular weight excluding hydrogens is 286 g/mol. The third-order valence-corrected chi connectivity index (χ3v) is 5.76. The van der Waals surface area contributed by atoms with Crippen LogP contribution in [0.2, 0.25) is 0 Å². The van der Waals surface area contributed by atoms with E-state index >= 15 is 0 Å². The van der Waals surface area contributed by atoms with E-state index in [1.807, 2.05) is 0 Å². The lowest BCUT2D eigenvalue weighted by atomic mass is 9.64. The van der Waals surface area contributed by atoms with Gasteiger partial charge in [-0.2, -0.15) is 0 Å². The summed E-state index contributed by atoms with van der Waals surface area (Å²) in [5.74, 6) is 0. The molecule has 0 spiro atoms. The van der Waals surface area contributed by atoms with Crippen molar-refractivity contribution in [2.24, 2.45) is 5.41 Å². The van der Waals surface area contributed by atoms with E-state index in [9.17, 15) is 5.11 Å². The molecule has 1 aromatic rings. The van der Waals surface area contributed by atoms with Gasteiger partial charge in [-0.1, -0.05) is 13.8 Å². The van der Waals surface area contributed by atoms with Crippen molar-refractivity contribution in [1.29, 1.82) is 0 Å². The molecule has 0 aromatic carbocycles. The lowest BCUT2D eigenvalue weighted by Gasteiger charge is -2.50. The van der Waals surface area contributed by atoms with E-state index in [1.165, 1.54) is 9.35 Å². The average molecular weight is 304 g/mol. The molecule has 1 aliphatic rings. The van der Waals surface area contributed by atoms with Gasteiger partial charge in [0.15, 0.2) is 0 Å². The van der Waals surface area contributed by atoms with Crippen LogP contribution in [0.25, 0.3) is 0 Å². The molecule has 16 heavy (non-hydrogen) atoms. The molecule has 0 aliphatic heterocycles. The highest BCUT2D eigenvalue weighted by molar-refractivity contribution is 9.10. The zero-order valence-corrected chi connectivity index (χ0v) is 12.2. The second-order valence-electron chi connectivity index (χ2n) is 5.15. The van der Waals surface area contributed by atoms with Crippen LogP contribution in [0.3, 0.4) is 0 Å². The summed E-state index contributed by atoms with van der Waals surface area (Å²) < 4.78 is 1.18. The molecule has 1 saturated carbocycles. The maximum absolute atomic E-state index is 9.70. The normalized spacial score (nSPS) is 29.8. The molecule has 1 fully saturated rings. The van der Waals surface area contributed by atoms with Crippen molar-refractivity contribution < 1.29 is 5.11 Å². The highest BCUT2D eigenvalue weighted by Crippen LogP contribution is 2.42. The third kappa shape index (κ3) is 2.08. The Morgan fingerprint density at radius 1 is 1.62 bits per heavy atom. The van der Waals surface area contributed by atoms with Gasteiger partial charge in [-0.15, -0.1) is 11.3 Å². The molecule has 90 valence electrons. The summed E-state index contributed by atoms with van der Waals surface area (Å²) in [6.45, 7) is 6.42. The summed E-state index contributed by atoms with van der Waals surface area (Å²) in [5, 5.41) is 15.4. The van der Waals surface area contributed by atoms with Gasteiger partial charge in [-0.25, -0.2) is 0 Å². The van der Waals surface area contributed by atoms with Crippen molar-refractivity contribution in [2.75, 3.05) is 0 Å². The van der Waals surface area contributed by atoms with Crippen LogP contribution in [0, 0.1) is 5.41 Å². The van der Waals surface area contributed by atoms with E-state index < -0.39 is 0 Å². The van der Waals surface area contributed by atoms with E-state index in [0.29, 0.717) is 12.1 Å². The fourth-order valence-electron chi connectivity index (χ4n) is 2.18. The summed E-state index contributed by atoms with van der Waals surface area (Å²) in [6.07, 6.45) is 0.698. The van der Waals surface area contributed by atoms with Crippen molar-refractivity contribution in [3.8, 4) is 0 Å². The number of nitrogens with one attached hydrogen (secondary N) is 1. The Hall–Kier alpha value is 0.100. The second kappa shape index (κ2) is 4.41. The molecular formula is C12H18BrNOS. The van der Waals surface area contributed by atoms with Gasteiger partial charge < -0.3 is 10.4 Å². The molecule has 0 bridgehead atoms. The number of hydrogen-bond acceptors (Lipinski definition) is 3. The molecule has 2 nitrogen and oxygen atoms in total. The van der Waals surface area contributed by atoms with Crippen molar-refractivity contribution in [3.63, 3.8) is 0 Å². The molecule has 4 heteroatoms. The fraction of sp³-hybridized carbons (Fsp3) is 0.667. The van der Waals surface area contributed by atoms with E-state index in [0.717, 1.165) is 6.42 Å². The number of thiophene rings is 1. The van der Waals surface area contributed by atoms with E-state index in [1.54, 1.807) is 11.3 Å². The molecule has 0 radical (unpaired) electrons. The Labute approximate surface area is 109 Å². The minimum Gasteiger partial charge on any atom is -0.392 e. The molecule has 2 rings (SSSR count). The third-order valence-electron chi connectivity index (χ3n) is 3.71. The molecule has 1 heterocycles. The van der Waals surface area contributed by atoms with E-state index in [-0.39, 0.29) is 11.5 Å². The van der Waals surface area contributed by atoms with Gasteiger partial charge in [0.1, 0.15) is 0 Å². The topological polar surface area (TPSA) is 32.3 Å². The van der Waals surface area contributed by atoms with Crippen LogP contribution in [0.1, 0.15) is 38.1 Å². The molecule has 0 saturated heterocycles. The number of aliphatic hydroxyl groups excluding tert-OH is 1. The largest absolute Gasteiger partial charge is 0.392 e. The SMILES string of the molecule is CC(NC1CC(O)C1(C)C)c1sccc1Br. The summed E-state index contributed by atoms with van der Waals surface area (Å²) in [5.41, 5.74) is -0.00199. The van der Waals surface area contributed by atoms with Crippen LogP contribution in [0.4, 0.5) is 0 Å². The van der Waals surface area contributed by atoms with E-state index in [2.05, 4.69) is 53.5 Å². The van der Waals surface area contributed by atoms with Gasteiger partial charge in [0.25, 0.3) is 0 Å². The highest BCUT2D eigenvalue weighted by atomic mass is 79.9. The molecule has 1 aromatic heterocycles. The predicted molar refractivity (Wildman–Crippen MR) is 71.8 cm³/mol. The van der Waals surface area contributed by atoms with Crippen LogP contribution in [-0.2, 0) is 0 Å². The van der Waals surface area contributed by atoms with Crippen molar-refractivity contribution in [2.45, 2.75) is 45.4 Å². The number of rotatable bonds is 3. The first kappa shape index (κ1) is 12.6. The number of hydrogen-bond donors (Lipinski definition) is 2. The lowest BCUT2D eigenvalue weighted by Crippen LogP contribution is -2.60. The number of aliphatic hydroxyl groups is 1. The molecule has 1 aliphatic carbocycles. The maximum atomic E-state index is 9.70. The van der Waals surface area contributed by atoms with Crippen molar-refractivity contribution >= 4 is 27.3 Å². The molecule has 2 N–H and O–H groups in total. The zero-order chi connectivity index (χ0) is 11.9. The second-order valence-corrected chi connectivity index (χ2v) is 6.95. The molecule has 3 unspecified atom stereocenters. The van der Waals surface area contributed by atoms with Crippen LogP contribution in [0.5, 0.6) is 0 Å². The maximum Gasteiger partial charge on any atom is 0.0621 e. The monoisotopic (exact) mass is 303 g/mol. The van der Waals surface area contributed by atoms with Gasteiger partial charge in [0.05, 0.1) is 6.10 Å².